The van der Waals surface area contributed by atoms with E-state index in [4.69, 9.17) is 0 Å². The number of amides is 1. The summed E-state index contributed by atoms with van der Waals surface area (Å²) in [4.78, 5) is 16.0. The molecule has 1 heterocycles. The third-order valence-corrected chi connectivity index (χ3v) is 6.40. The molecule has 0 aromatic carbocycles. The molecule has 0 aromatic heterocycles. The van der Waals surface area contributed by atoms with E-state index in [2.05, 4.69) is 4.90 Å². The molecule has 0 aromatic rings. The Kier molecular flexibility index (Phi) is 6.28. The third-order valence-electron chi connectivity index (χ3n) is 5.13. The Morgan fingerprint density at radius 2 is 1.79 bits per heavy atom. The largest absolute Gasteiger partial charge is 0.389 e. The summed E-state index contributed by atoms with van der Waals surface area (Å²) < 4.78 is 25.3. The number of β-amino-alcohol motifs (C(OH)–C–C–N with tert-alkyl or cyclic N) is 1. The summed E-state index contributed by atoms with van der Waals surface area (Å²) in [6, 6.07) is 0. The molecule has 1 aliphatic heterocycles. The smallest absolute Gasteiger partial charge is 0.227 e. The predicted molar refractivity (Wildman–Crippen MR) is 93.1 cm³/mol. The Labute approximate surface area is 145 Å². The highest BCUT2D eigenvalue weighted by Crippen LogP contribution is 2.29. The Bertz CT molecular complexity index is 544. The van der Waals surface area contributed by atoms with Crippen LogP contribution < -0.4 is 0 Å². The fourth-order valence-corrected chi connectivity index (χ4v) is 4.67. The quantitative estimate of drug-likeness (QED) is 0.760. The van der Waals surface area contributed by atoms with Crippen LogP contribution in [0.2, 0.25) is 0 Å². The van der Waals surface area contributed by atoms with E-state index >= 15 is 0 Å². The molecule has 1 aliphatic carbocycles. The van der Waals surface area contributed by atoms with Gasteiger partial charge in [-0.1, -0.05) is 19.3 Å². The molecule has 1 atom stereocenters. The zero-order valence-corrected chi connectivity index (χ0v) is 15.9. The van der Waals surface area contributed by atoms with Crippen molar-refractivity contribution in [2.45, 2.75) is 37.7 Å². The summed E-state index contributed by atoms with van der Waals surface area (Å²) >= 11 is 0. The van der Waals surface area contributed by atoms with E-state index in [1.807, 2.05) is 0 Å². The van der Waals surface area contributed by atoms with Crippen LogP contribution >= 0.6 is 0 Å². The van der Waals surface area contributed by atoms with Gasteiger partial charge in [-0.3, -0.25) is 9.69 Å². The summed E-state index contributed by atoms with van der Waals surface area (Å²) in [5.74, 6) is -0.462. The lowest BCUT2D eigenvalue weighted by Gasteiger charge is -2.37. The summed E-state index contributed by atoms with van der Waals surface area (Å²) in [5.41, 5.74) is -0.704. The number of sulfonamides is 1. The molecule has 7 nitrogen and oxygen atoms in total. The van der Waals surface area contributed by atoms with Gasteiger partial charge in [0.05, 0.1) is 17.8 Å². The molecule has 140 valence electrons. The van der Waals surface area contributed by atoms with Crippen LogP contribution in [-0.4, -0.2) is 92.2 Å². The first-order valence-electron chi connectivity index (χ1n) is 8.72. The summed E-state index contributed by atoms with van der Waals surface area (Å²) in [7, 11) is 0.0433. The van der Waals surface area contributed by atoms with Crippen molar-refractivity contribution in [3.8, 4) is 0 Å². The molecule has 2 aliphatic rings. The van der Waals surface area contributed by atoms with E-state index in [1.165, 1.54) is 15.5 Å². The lowest BCUT2D eigenvalue weighted by atomic mass is 9.84. The number of hydrogen-bond acceptors (Lipinski definition) is 5. The van der Waals surface area contributed by atoms with Crippen LogP contribution in [0.15, 0.2) is 0 Å². The molecule has 2 fully saturated rings. The molecule has 1 N–H and O–H groups in total. The number of aliphatic hydroxyl groups is 1. The molecule has 1 amide bonds. The first kappa shape index (κ1) is 19.6. The maximum Gasteiger partial charge on any atom is 0.227 e. The van der Waals surface area contributed by atoms with E-state index in [-0.39, 0.29) is 12.5 Å². The van der Waals surface area contributed by atoms with Gasteiger partial charge in [0, 0.05) is 46.8 Å². The van der Waals surface area contributed by atoms with E-state index in [0.29, 0.717) is 26.2 Å². The predicted octanol–water partition coefficient (Wildman–Crippen LogP) is -0.0368. The summed E-state index contributed by atoms with van der Waals surface area (Å²) in [6.07, 6.45) is 5.97. The van der Waals surface area contributed by atoms with Crippen LogP contribution in [0.25, 0.3) is 0 Å². The van der Waals surface area contributed by atoms with Gasteiger partial charge < -0.3 is 10.0 Å². The summed E-state index contributed by atoms with van der Waals surface area (Å²) in [6.45, 7) is 2.14. The van der Waals surface area contributed by atoms with Crippen molar-refractivity contribution in [2.75, 3.05) is 53.1 Å². The fraction of sp³-hybridized carbons (Fsp3) is 0.938. The summed E-state index contributed by atoms with van der Waals surface area (Å²) in [5, 5.41) is 10.8. The van der Waals surface area contributed by atoms with Gasteiger partial charge in [0.15, 0.2) is 0 Å². The van der Waals surface area contributed by atoms with Crippen LogP contribution in [-0.2, 0) is 14.8 Å². The first-order chi connectivity index (χ1) is 11.1. The van der Waals surface area contributed by atoms with Crippen LogP contribution in [0.5, 0.6) is 0 Å². The second kappa shape index (κ2) is 7.68. The average molecular weight is 362 g/mol. The molecule has 2 rings (SSSR count). The Hall–Kier alpha value is -0.700. The minimum atomic E-state index is -3.34. The zero-order valence-electron chi connectivity index (χ0n) is 15.1. The molecular weight excluding hydrogens is 330 g/mol. The number of hydrogen-bond donors (Lipinski definition) is 1. The average Bonchev–Trinajstić information content (AvgIpc) is 2.69. The molecule has 0 bridgehead atoms. The second-order valence-corrected chi connectivity index (χ2v) is 9.55. The minimum absolute atomic E-state index is 0.0637. The van der Waals surface area contributed by atoms with Crippen LogP contribution in [0.3, 0.4) is 0 Å². The minimum Gasteiger partial charge on any atom is -0.389 e. The molecule has 0 unspecified atom stereocenters. The van der Waals surface area contributed by atoms with Crippen molar-refractivity contribution in [3.63, 3.8) is 0 Å². The van der Waals surface area contributed by atoms with Crippen molar-refractivity contribution in [1.29, 1.82) is 0 Å². The van der Waals surface area contributed by atoms with E-state index < -0.39 is 21.5 Å². The number of carbonyl (C=O) groups is 1. The van der Waals surface area contributed by atoms with Gasteiger partial charge in [-0.2, -0.15) is 0 Å². The molecule has 0 spiro atoms. The number of carbonyl (C=O) groups excluding carboxylic acids is 1. The van der Waals surface area contributed by atoms with Crippen molar-refractivity contribution < 1.29 is 18.3 Å². The normalized spacial score (nSPS) is 26.8. The maximum atomic E-state index is 12.5. The molecule has 24 heavy (non-hydrogen) atoms. The van der Waals surface area contributed by atoms with Gasteiger partial charge in [0.25, 0.3) is 0 Å². The lowest BCUT2D eigenvalue weighted by Crippen LogP contribution is -2.47. The Morgan fingerprint density at radius 3 is 2.33 bits per heavy atom. The van der Waals surface area contributed by atoms with Crippen molar-refractivity contribution in [2.24, 2.45) is 5.92 Å². The van der Waals surface area contributed by atoms with E-state index in [1.54, 1.807) is 14.1 Å². The van der Waals surface area contributed by atoms with Gasteiger partial charge in [-0.15, -0.1) is 0 Å². The zero-order chi connectivity index (χ0) is 18.0. The van der Waals surface area contributed by atoms with E-state index in [0.717, 1.165) is 32.1 Å². The van der Waals surface area contributed by atoms with Crippen molar-refractivity contribution in [1.82, 2.24) is 14.1 Å². The van der Waals surface area contributed by atoms with Crippen LogP contribution in [0, 0.1) is 5.92 Å². The highest BCUT2D eigenvalue weighted by molar-refractivity contribution is 7.88. The van der Waals surface area contributed by atoms with Gasteiger partial charge >= 0.3 is 0 Å². The van der Waals surface area contributed by atoms with E-state index in [9.17, 15) is 18.3 Å². The van der Waals surface area contributed by atoms with Crippen molar-refractivity contribution >= 4 is 15.9 Å². The Morgan fingerprint density at radius 1 is 1.17 bits per heavy atom. The highest BCUT2D eigenvalue weighted by atomic mass is 32.2. The van der Waals surface area contributed by atoms with Crippen molar-refractivity contribution in [3.05, 3.63) is 0 Å². The second-order valence-electron chi connectivity index (χ2n) is 7.57. The first-order valence-corrected chi connectivity index (χ1v) is 10.6. The van der Waals surface area contributed by atoms with Crippen LogP contribution in [0.1, 0.15) is 32.1 Å². The molecule has 0 radical (unpaired) electrons. The van der Waals surface area contributed by atoms with Crippen LogP contribution in [0.4, 0.5) is 0 Å². The van der Waals surface area contributed by atoms with Gasteiger partial charge in [0.2, 0.25) is 15.9 Å². The lowest BCUT2D eigenvalue weighted by molar-refractivity contribution is -0.133. The molecule has 1 saturated heterocycles. The highest BCUT2D eigenvalue weighted by Gasteiger charge is 2.36. The molecule has 1 saturated carbocycles. The topological polar surface area (TPSA) is 81.2 Å². The number of rotatable bonds is 4. The molecular formula is C16H31N3O4S. The monoisotopic (exact) mass is 361 g/mol. The standard InChI is InChI=1S/C16H31N3O4S/c1-17(2)15(20)14-11-18(9-10-19(12-14)24(3,22)23)13-16(21)7-5-4-6-8-16/h14,21H,4-13H2,1-3H3/t14-/m0/s1. The SMILES string of the molecule is CN(C)C(=O)[C@H]1CN(CC2(O)CCCCC2)CCN(S(C)(=O)=O)C1. The fourth-order valence-electron chi connectivity index (χ4n) is 3.80. The maximum absolute atomic E-state index is 12.5. The molecule has 8 heteroatoms. The van der Waals surface area contributed by atoms with Gasteiger partial charge in [-0.05, 0) is 12.8 Å². The number of nitrogens with zero attached hydrogens (tertiary/aromatic N) is 3. The van der Waals surface area contributed by atoms with Gasteiger partial charge in [0.1, 0.15) is 0 Å². The van der Waals surface area contributed by atoms with Gasteiger partial charge in [-0.25, -0.2) is 12.7 Å². The Balaban J connectivity index is 2.13. The third kappa shape index (κ3) is 5.15.